The molecule has 1 N–H and O–H groups in total. The van der Waals surface area contributed by atoms with Gasteiger partial charge in [-0.2, -0.15) is 0 Å². The smallest absolute Gasteiger partial charge is 1.00 e. The van der Waals surface area contributed by atoms with Crippen molar-refractivity contribution in [3.05, 3.63) is 123 Å². The van der Waals surface area contributed by atoms with Crippen LogP contribution in [0.25, 0.3) is 27.8 Å². The fraction of sp³-hybridized carbons (Fsp3) is 0. The van der Waals surface area contributed by atoms with Gasteiger partial charge in [-0.3, -0.25) is 19.0 Å². The number of H-pyrrole nitrogens is 1. The van der Waals surface area contributed by atoms with E-state index in [1.165, 1.54) is 12.1 Å². The van der Waals surface area contributed by atoms with Crippen molar-refractivity contribution in [3.63, 3.8) is 0 Å². The minimum absolute atomic E-state index is 0. The van der Waals surface area contributed by atoms with Gasteiger partial charge in [-0.05, 0) is 80.4 Å². The van der Waals surface area contributed by atoms with Crippen LogP contribution in [0, 0.1) is 5.82 Å². The Morgan fingerprint density at radius 3 is 2.14 bits per heavy atom. The minimum atomic E-state index is -0.496. The standard InChI is InChI=1S/C14H7BrN2O.C7H4BrFO.C7H6N2.CH2O3.2K.H/c15-8-4-3-7-11-12(8)13(18)14-16-9-5-1-2-6-10(9)17(11)14;8-6-2-1-3-7(9)5(6)4-10;1-2-4-7-6(3-1)8-5-9-7;2-1-4-3;;;/h1-7H;1-4H;1-5H,(H,8,9);1,3H;;;/q;;;;2*+1;-1/p-1. The zero-order chi connectivity index (χ0) is 29.4. The third kappa shape index (κ3) is 9.16. The third-order valence-corrected chi connectivity index (χ3v) is 7.06. The first-order valence-electron chi connectivity index (χ1n) is 11.7. The van der Waals surface area contributed by atoms with Crippen LogP contribution in [0.15, 0.2) is 100 Å². The zero-order valence-corrected chi connectivity index (χ0v) is 32.2. The average molecular weight is 760 g/mol. The summed E-state index contributed by atoms with van der Waals surface area (Å²) in [6, 6.07) is 25.9. The molecular weight excluding hydrogens is 741 g/mol. The van der Waals surface area contributed by atoms with E-state index in [0.717, 1.165) is 32.2 Å². The Morgan fingerprint density at radius 2 is 1.51 bits per heavy atom. The van der Waals surface area contributed by atoms with Crippen molar-refractivity contribution in [2.45, 2.75) is 0 Å². The van der Waals surface area contributed by atoms with Gasteiger partial charge in [-0.1, -0.05) is 36.4 Å². The number of aldehydes is 1. The monoisotopic (exact) mass is 758 g/mol. The first kappa shape index (κ1) is 37.9. The molecule has 208 valence electrons. The number of benzene rings is 4. The molecule has 14 heteroatoms. The number of imidazole rings is 2. The molecule has 0 amide bonds. The number of ketones is 1. The SMILES string of the molecule is O=C1c2c(Br)cccc2-n2c1nc1ccccc12.O=CO[O-].O=Cc1c(F)cccc1Br.[H-].[K+].[K+].c1ccc2[nH]cnc2c1. The summed E-state index contributed by atoms with van der Waals surface area (Å²) < 4.78 is 15.8. The normalized spacial score (nSPS) is 10.2. The topological polar surface area (TPSA) is 130 Å². The molecule has 9 nitrogen and oxygen atoms in total. The number of hydrogen-bond acceptors (Lipinski definition) is 7. The second-order valence-corrected chi connectivity index (χ2v) is 9.80. The Bertz CT molecular complexity index is 1820. The van der Waals surface area contributed by atoms with E-state index in [-0.39, 0.29) is 122 Å². The molecule has 1 aliphatic rings. The molecule has 0 saturated carbocycles. The maximum Gasteiger partial charge on any atom is 1.00 e. The second-order valence-electron chi connectivity index (χ2n) is 8.09. The van der Waals surface area contributed by atoms with Crippen LogP contribution in [-0.2, 0) is 9.68 Å². The van der Waals surface area contributed by atoms with Gasteiger partial charge in [0.25, 0.3) is 6.47 Å². The number of nitrogens with zero attached hydrogens (tertiary/aromatic N) is 3. The minimum Gasteiger partial charge on any atom is -1.00 e. The first-order valence-corrected chi connectivity index (χ1v) is 13.3. The molecular formula is C29H19Br2FK2N4O5. The molecule has 0 atom stereocenters. The fourth-order valence-corrected chi connectivity index (χ4v) is 4.93. The van der Waals surface area contributed by atoms with E-state index in [4.69, 9.17) is 10.1 Å². The van der Waals surface area contributed by atoms with Crippen LogP contribution in [0.2, 0.25) is 0 Å². The van der Waals surface area contributed by atoms with E-state index >= 15 is 0 Å². The van der Waals surface area contributed by atoms with E-state index in [0.29, 0.717) is 22.1 Å². The van der Waals surface area contributed by atoms with Gasteiger partial charge in [0.1, 0.15) is 5.82 Å². The Balaban J connectivity index is 0.000000322. The van der Waals surface area contributed by atoms with Crippen molar-refractivity contribution in [3.8, 4) is 5.69 Å². The first-order chi connectivity index (χ1) is 19.9. The number of aromatic amines is 1. The number of para-hydroxylation sites is 4. The number of rotatable bonds is 2. The summed E-state index contributed by atoms with van der Waals surface area (Å²) in [5, 5.41) is 8.43. The van der Waals surface area contributed by atoms with Crippen LogP contribution in [0.5, 0.6) is 0 Å². The number of fused-ring (bicyclic) bond motifs is 6. The van der Waals surface area contributed by atoms with Crippen LogP contribution < -0.4 is 108 Å². The Labute approximate surface area is 348 Å². The van der Waals surface area contributed by atoms with Crippen molar-refractivity contribution in [1.29, 1.82) is 0 Å². The quantitative estimate of drug-likeness (QED) is 0.112. The van der Waals surface area contributed by atoms with Gasteiger partial charge >= 0.3 is 103 Å². The number of carbonyl (C=O) groups excluding carboxylic acids is 3. The zero-order valence-electron chi connectivity index (χ0n) is 23.8. The van der Waals surface area contributed by atoms with Crippen LogP contribution in [0.4, 0.5) is 4.39 Å². The van der Waals surface area contributed by atoms with Crippen LogP contribution in [-0.4, -0.2) is 38.1 Å². The summed E-state index contributed by atoms with van der Waals surface area (Å²) in [5.74, 6) is -0.0175. The molecule has 4 aromatic carbocycles. The van der Waals surface area contributed by atoms with Gasteiger partial charge in [-0.15, -0.1) is 0 Å². The molecule has 0 aliphatic carbocycles. The Morgan fingerprint density at radius 1 is 0.884 bits per heavy atom. The summed E-state index contributed by atoms with van der Waals surface area (Å²) in [4.78, 5) is 45.3. The fourth-order valence-electron chi connectivity index (χ4n) is 3.96. The Kier molecular flexibility index (Phi) is 16.5. The molecule has 0 radical (unpaired) electrons. The van der Waals surface area contributed by atoms with E-state index in [1.807, 2.05) is 71.3 Å². The Hall–Kier alpha value is -1.25. The molecule has 7 rings (SSSR count). The molecule has 1 aliphatic heterocycles. The van der Waals surface area contributed by atoms with Crippen molar-refractivity contribution in [2.75, 3.05) is 0 Å². The maximum atomic E-state index is 12.6. The molecule has 3 heterocycles. The predicted octanol–water partition coefficient (Wildman–Crippen LogP) is -0.149. The third-order valence-electron chi connectivity index (χ3n) is 5.71. The molecule has 0 fully saturated rings. The maximum absolute atomic E-state index is 12.6. The van der Waals surface area contributed by atoms with Gasteiger partial charge < -0.3 is 16.6 Å². The van der Waals surface area contributed by atoms with Crippen molar-refractivity contribution in [1.82, 2.24) is 19.5 Å². The van der Waals surface area contributed by atoms with Crippen LogP contribution in [0.3, 0.4) is 0 Å². The number of nitrogens with one attached hydrogen (secondary N) is 1. The predicted molar refractivity (Wildman–Crippen MR) is 156 cm³/mol. The summed E-state index contributed by atoms with van der Waals surface area (Å²) in [7, 11) is 0. The molecule has 0 spiro atoms. The van der Waals surface area contributed by atoms with Crippen molar-refractivity contribution < 1.29 is 133 Å². The molecule has 0 unspecified atom stereocenters. The summed E-state index contributed by atoms with van der Waals surface area (Å²) in [6.07, 6.45) is 2.18. The van der Waals surface area contributed by atoms with Crippen molar-refractivity contribution in [2.24, 2.45) is 0 Å². The number of aromatic nitrogens is 4. The van der Waals surface area contributed by atoms with Gasteiger partial charge in [0, 0.05) is 8.95 Å². The van der Waals surface area contributed by atoms with Gasteiger partial charge in [0.05, 0.1) is 45.2 Å². The van der Waals surface area contributed by atoms with Crippen molar-refractivity contribution >= 4 is 72.5 Å². The van der Waals surface area contributed by atoms with E-state index < -0.39 is 5.82 Å². The van der Waals surface area contributed by atoms with E-state index in [1.54, 1.807) is 12.4 Å². The van der Waals surface area contributed by atoms with E-state index in [9.17, 15) is 14.0 Å². The molecule has 2 aromatic heterocycles. The van der Waals surface area contributed by atoms with Gasteiger partial charge in [-0.25, -0.2) is 14.4 Å². The summed E-state index contributed by atoms with van der Waals surface area (Å²) >= 11 is 6.47. The molecule has 0 bridgehead atoms. The average Bonchev–Trinajstić information content (AvgIpc) is 3.69. The largest absolute Gasteiger partial charge is 1.00 e. The number of carbonyl (C=O) groups is 3. The summed E-state index contributed by atoms with van der Waals surface area (Å²) in [5.41, 5.74) is 5.62. The van der Waals surface area contributed by atoms with Crippen LogP contribution >= 0.6 is 31.9 Å². The molecule has 43 heavy (non-hydrogen) atoms. The van der Waals surface area contributed by atoms with Crippen LogP contribution in [0.1, 0.15) is 28.0 Å². The molecule has 6 aromatic rings. The second kappa shape index (κ2) is 18.7. The number of hydrogen-bond donors (Lipinski definition) is 1. The number of halogens is 3. The van der Waals surface area contributed by atoms with Gasteiger partial charge in [0.2, 0.25) is 5.78 Å². The van der Waals surface area contributed by atoms with Gasteiger partial charge in [0.15, 0.2) is 12.1 Å². The molecule has 0 saturated heterocycles. The summed E-state index contributed by atoms with van der Waals surface area (Å²) in [6.45, 7) is -0.181. The van der Waals surface area contributed by atoms with E-state index in [2.05, 4.69) is 51.7 Å².